The maximum absolute atomic E-state index is 11.8. The standard InChI is InChI=1S/C15H22N4O4/c1-8-11(10(3)22-18-8)7-12-17-13(19-23-12)9(2)16-14(20)21-15(4,5)6/h9H,7H2,1-6H3,(H,16,20)/t9-/m0/s1. The van der Waals surface area contributed by atoms with E-state index in [1.54, 1.807) is 27.7 Å². The van der Waals surface area contributed by atoms with Gasteiger partial charge in [-0.25, -0.2) is 4.79 Å². The van der Waals surface area contributed by atoms with Gasteiger partial charge in [-0.15, -0.1) is 0 Å². The Morgan fingerprint density at radius 3 is 2.52 bits per heavy atom. The average molecular weight is 322 g/mol. The number of aromatic nitrogens is 3. The molecule has 1 N–H and O–H groups in total. The topological polar surface area (TPSA) is 103 Å². The second kappa shape index (κ2) is 6.39. The van der Waals surface area contributed by atoms with Crippen molar-refractivity contribution in [1.29, 1.82) is 0 Å². The molecule has 23 heavy (non-hydrogen) atoms. The second-order valence-electron chi connectivity index (χ2n) is 6.39. The average Bonchev–Trinajstić information content (AvgIpc) is 2.99. The second-order valence-corrected chi connectivity index (χ2v) is 6.39. The Morgan fingerprint density at radius 1 is 1.26 bits per heavy atom. The first kappa shape index (κ1) is 17.0. The van der Waals surface area contributed by atoms with E-state index in [0.29, 0.717) is 18.1 Å². The zero-order valence-electron chi connectivity index (χ0n) is 14.3. The summed E-state index contributed by atoms with van der Waals surface area (Å²) < 4.78 is 15.5. The first-order valence-electron chi connectivity index (χ1n) is 7.39. The number of hydrogen-bond acceptors (Lipinski definition) is 7. The predicted octanol–water partition coefficient (Wildman–Crippen LogP) is 2.85. The van der Waals surface area contributed by atoms with Gasteiger partial charge in [-0.2, -0.15) is 4.98 Å². The highest BCUT2D eigenvalue weighted by Gasteiger charge is 2.21. The molecule has 0 aliphatic heterocycles. The lowest BCUT2D eigenvalue weighted by molar-refractivity contribution is 0.0505. The zero-order valence-corrected chi connectivity index (χ0v) is 14.3. The summed E-state index contributed by atoms with van der Waals surface area (Å²) in [6.07, 6.45) is -0.0880. The first-order valence-corrected chi connectivity index (χ1v) is 7.39. The summed E-state index contributed by atoms with van der Waals surface area (Å²) in [7, 11) is 0. The maximum atomic E-state index is 11.8. The molecule has 1 atom stereocenters. The van der Waals surface area contributed by atoms with E-state index in [1.165, 1.54) is 0 Å². The van der Waals surface area contributed by atoms with Crippen LogP contribution < -0.4 is 5.32 Å². The minimum absolute atomic E-state index is 0.387. The molecule has 126 valence electrons. The number of aryl methyl sites for hydroxylation is 2. The third-order valence-corrected chi connectivity index (χ3v) is 3.11. The normalized spacial score (nSPS) is 13.0. The minimum atomic E-state index is -0.560. The number of carbonyl (C=O) groups is 1. The number of rotatable bonds is 4. The molecule has 2 aromatic heterocycles. The summed E-state index contributed by atoms with van der Waals surface area (Å²) in [5.41, 5.74) is 1.16. The summed E-state index contributed by atoms with van der Waals surface area (Å²) in [4.78, 5) is 16.1. The Bertz CT molecular complexity index is 664. The van der Waals surface area contributed by atoms with Crippen molar-refractivity contribution in [2.24, 2.45) is 0 Å². The van der Waals surface area contributed by atoms with Crippen molar-refractivity contribution in [2.75, 3.05) is 0 Å². The van der Waals surface area contributed by atoms with Crippen molar-refractivity contribution < 1.29 is 18.6 Å². The molecule has 0 spiro atoms. The highest BCUT2D eigenvalue weighted by molar-refractivity contribution is 5.68. The molecule has 1 amide bonds. The van der Waals surface area contributed by atoms with E-state index in [0.717, 1.165) is 17.0 Å². The molecular weight excluding hydrogens is 300 g/mol. The summed E-state index contributed by atoms with van der Waals surface area (Å²) >= 11 is 0. The molecule has 2 aromatic rings. The van der Waals surface area contributed by atoms with Crippen LogP contribution in [0.5, 0.6) is 0 Å². The number of nitrogens with zero attached hydrogens (tertiary/aromatic N) is 3. The fraction of sp³-hybridized carbons (Fsp3) is 0.600. The number of hydrogen-bond donors (Lipinski definition) is 1. The fourth-order valence-electron chi connectivity index (χ4n) is 1.97. The SMILES string of the molecule is Cc1noc(C)c1Cc1nc([C@H](C)NC(=O)OC(C)(C)C)no1. The zero-order chi connectivity index (χ0) is 17.2. The van der Waals surface area contributed by atoms with Gasteiger partial charge in [-0.05, 0) is 41.5 Å². The quantitative estimate of drug-likeness (QED) is 0.923. The molecule has 0 saturated carbocycles. The molecule has 8 heteroatoms. The lowest BCUT2D eigenvalue weighted by Crippen LogP contribution is -2.34. The maximum Gasteiger partial charge on any atom is 0.408 e. The molecule has 0 radical (unpaired) electrons. The van der Waals surface area contributed by atoms with E-state index in [1.807, 2.05) is 13.8 Å². The van der Waals surface area contributed by atoms with E-state index in [2.05, 4.69) is 20.6 Å². The Morgan fingerprint density at radius 2 is 1.96 bits per heavy atom. The number of alkyl carbamates (subject to hydrolysis) is 1. The van der Waals surface area contributed by atoms with E-state index < -0.39 is 17.7 Å². The van der Waals surface area contributed by atoms with Crippen LogP contribution in [0.25, 0.3) is 0 Å². The number of ether oxygens (including phenoxy) is 1. The van der Waals surface area contributed by atoms with E-state index in [9.17, 15) is 4.79 Å². The van der Waals surface area contributed by atoms with Crippen molar-refractivity contribution in [3.05, 3.63) is 28.7 Å². The predicted molar refractivity (Wildman–Crippen MR) is 80.9 cm³/mol. The van der Waals surface area contributed by atoms with Gasteiger partial charge in [0.2, 0.25) is 5.89 Å². The Hall–Kier alpha value is -2.38. The van der Waals surface area contributed by atoms with Gasteiger partial charge in [0.15, 0.2) is 5.82 Å². The van der Waals surface area contributed by atoms with Gasteiger partial charge >= 0.3 is 6.09 Å². The molecule has 0 aliphatic rings. The van der Waals surface area contributed by atoms with Crippen molar-refractivity contribution in [1.82, 2.24) is 20.6 Å². The highest BCUT2D eigenvalue weighted by Crippen LogP contribution is 2.18. The van der Waals surface area contributed by atoms with Gasteiger partial charge in [-0.3, -0.25) is 0 Å². The summed E-state index contributed by atoms with van der Waals surface area (Å²) in [5, 5.41) is 10.5. The molecule has 0 unspecified atom stereocenters. The Kier molecular flexibility index (Phi) is 4.72. The minimum Gasteiger partial charge on any atom is -0.444 e. The van der Waals surface area contributed by atoms with Gasteiger partial charge in [0, 0.05) is 5.56 Å². The van der Waals surface area contributed by atoms with E-state index in [-0.39, 0.29) is 0 Å². The monoisotopic (exact) mass is 322 g/mol. The van der Waals surface area contributed by atoms with Gasteiger partial charge in [0.05, 0.1) is 18.2 Å². The molecule has 0 aliphatic carbocycles. The smallest absolute Gasteiger partial charge is 0.408 e. The number of carbonyl (C=O) groups excluding carboxylic acids is 1. The highest BCUT2D eigenvalue weighted by atomic mass is 16.6. The molecule has 8 nitrogen and oxygen atoms in total. The largest absolute Gasteiger partial charge is 0.444 e. The summed E-state index contributed by atoms with van der Waals surface area (Å²) in [5.74, 6) is 1.55. The van der Waals surface area contributed by atoms with Crippen molar-refractivity contribution in [2.45, 2.75) is 59.6 Å². The van der Waals surface area contributed by atoms with Gasteiger partial charge in [0.25, 0.3) is 0 Å². The third-order valence-electron chi connectivity index (χ3n) is 3.11. The van der Waals surface area contributed by atoms with Crippen LogP contribution in [0.4, 0.5) is 4.79 Å². The van der Waals surface area contributed by atoms with Crippen LogP contribution in [0.3, 0.4) is 0 Å². The van der Waals surface area contributed by atoms with E-state index >= 15 is 0 Å². The summed E-state index contributed by atoms with van der Waals surface area (Å²) in [6, 6.07) is -0.424. The van der Waals surface area contributed by atoms with Crippen LogP contribution >= 0.6 is 0 Å². The van der Waals surface area contributed by atoms with Crippen LogP contribution in [0, 0.1) is 13.8 Å². The van der Waals surface area contributed by atoms with Crippen molar-refractivity contribution in [3.8, 4) is 0 Å². The Labute approximate surface area is 134 Å². The van der Waals surface area contributed by atoms with Crippen molar-refractivity contribution in [3.63, 3.8) is 0 Å². The van der Waals surface area contributed by atoms with E-state index in [4.69, 9.17) is 13.8 Å². The molecule has 0 fully saturated rings. The van der Waals surface area contributed by atoms with Crippen LogP contribution in [-0.4, -0.2) is 27.0 Å². The molecule has 0 aromatic carbocycles. The van der Waals surface area contributed by atoms with Crippen molar-refractivity contribution >= 4 is 6.09 Å². The molecule has 0 bridgehead atoms. The summed E-state index contributed by atoms with van der Waals surface area (Å²) in [6.45, 7) is 10.8. The fourth-order valence-corrected chi connectivity index (χ4v) is 1.97. The Balaban J connectivity index is 2.00. The van der Waals surface area contributed by atoms with Gasteiger partial charge in [-0.1, -0.05) is 10.3 Å². The number of amides is 1. The lowest BCUT2D eigenvalue weighted by atomic mass is 10.1. The third kappa shape index (κ3) is 4.54. The van der Waals surface area contributed by atoms with Crippen LogP contribution in [0.15, 0.2) is 9.05 Å². The first-order chi connectivity index (χ1) is 10.7. The lowest BCUT2D eigenvalue weighted by Gasteiger charge is -2.20. The van der Waals surface area contributed by atoms with Crippen LogP contribution in [0.1, 0.15) is 62.5 Å². The van der Waals surface area contributed by atoms with Crippen LogP contribution in [0.2, 0.25) is 0 Å². The van der Waals surface area contributed by atoms with Gasteiger partial charge < -0.3 is 19.1 Å². The molecule has 2 heterocycles. The molecule has 0 saturated heterocycles. The van der Waals surface area contributed by atoms with Gasteiger partial charge in [0.1, 0.15) is 11.4 Å². The van der Waals surface area contributed by atoms with Crippen LogP contribution in [-0.2, 0) is 11.2 Å². The number of nitrogens with one attached hydrogen (secondary N) is 1. The molecule has 2 rings (SSSR count). The molecular formula is C15H22N4O4.